The van der Waals surface area contributed by atoms with Gasteiger partial charge in [-0.05, 0) is 24.6 Å². The maximum Gasteiger partial charge on any atom is 0.232 e. The molecule has 5 nitrogen and oxygen atoms in total. The molecule has 1 aromatic rings. The van der Waals surface area contributed by atoms with Crippen LogP contribution in [-0.4, -0.2) is 49.6 Å². The Balaban J connectivity index is 1.92. The summed E-state index contributed by atoms with van der Waals surface area (Å²) in [5.74, 6) is 0.334. The molecule has 1 saturated heterocycles. The minimum atomic E-state index is -2.99. The van der Waals surface area contributed by atoms with E-state index >= 15 is 0 Å². The highest BCUT2D eigenvalue weighted by Gasteiger charge is 2.32. The number of thioether (sulfide) groups is 1. The fraction of sp³-hybridized carbons (Fsp3) is 0.462. The lowest BCUT2D eigenvalue weighted by molar-refractivity contribution is -0.128. The summed E-state index contributed by atoms with van der Waals surface area (Å²) >= 11 is 7.37. The van der Waals surface area contributed by atoms with Crippen LogP contribution in [0.15, 0.2) is 23.1 Å². The molecule has 1 unspecified atom stereocenters. The van der Waals surface area contributed by atoms with Gasteiger partial charge in [-0.15, -0.1) is 11.8 Å². The molecule has 1 aromatic carbocycles. The minimum absolute atomic E-state index is 0.0581. The summed E-state index contributed by atoms with van der Waals surface area (Å²) in [6.07, 6.45) is 0.512. The van der Waals surface area contributed by atoms with Gasteiger partial charge in [0.15, 0.2) is 9.84 Å². The standard InChI is InChI=1S/C13H17ClN2O3S2/c1-16(10-4-5-21(18,19)8-10)13(17)7-20-12-3-2-9(15)6-11(12)14/h2-3,6,10H,4-5,7-8,15H2,1H3. The highest BCUT2D eigenvalue weighted by atomic mass is 35.5. The third-order valence-electron chi connectivity index (χ3n) is 3.46. The van der Waals surface area contributed by atoms with Gasteiger partial charge in [-0.1, -0.05) is 11.6 Å². The molecule has 8 heteroatoms. The molecule has 1 atom stereocenters. The zero-order chi connectivity index (χ0) is 15.6. The van der Waals surface area contributed by atoms with Crippen LogP contribution in [0.2, 0.25) is 5.02 Å². The van der Waals surface area contributed by atoms with Crippen molar-refractivity contribution in [2.75, 3.05) is 30.0 Å². The molecule has 116 valence electrons. The molecular weight excluding hydrogens is 332 g/mol. The lowest BCUT2D eigenvalue weighted by Gasteiger charge is -2.23. The number of carbonyl (C=O) groups excluding carboxylic acids is 1. The van der Waals surface area contributed by atoms with E-state index in [1.807, 2.05) is 0 Å². The Bertz CT molecular complexity index is 649. The average molecular weight is 349 g/mol. The molecule has 0 bridgehead atoms. The van der Waals surface area contributed by atoms with Gasteiger partial charge in [-0.25, -0.2) is 8.42 Å². The molecule has 2 N–H and O–H groups in total. The van der Waals surface area contributed by atoms with Crippen molar-refractivity contribution in [1.82, 2.24) is 4.90 Å². The fourth-order valence-corrected chi connectivity index (χ4v) is 5.13. The van der Waals surface area contributed by atoms with Crippen LogP contribution in [0, 0.1) is 0 Å². The fourth-order valence-electron chi connectivity index (χ4n) is 2.16. The molecule has 1 aliphatic rings. The summed E-state index contributed by atoms with van der Waals surface area (Å²) in [5.41, 5.74) is 6.19. The number of halogens is 1. The van der Waals surface area contributed by atoms with Gasteiger partial charge in [0.05, 0.1) is 22.3 Å². The number of amides is 1. The van der Waals surface area contributed by atoms with Gasteiger partial charge in [0, 0.05) is 23.7 Å². The lowest BCUT2D eigenvalue weighted by atomic mass is 10.2. The highest BCUT2D eigenvalue weighted by Crippen LogP contribution is 2.29. The van der Waals surface area contributed by atoms with E-state index in [-0.39, 0.29) is 29.2 Å². The molecule has 0 aromatic heterocycles. The van der Waals surface area contributed by atoms with Crippen LogP contribution in [0.4, 0.5) is 5.69 Å². The van der Waals surface area contributed by atoms with Gasteiger partial charge in [-0.3, -0.25) is 4.79 Å². The quantitative estimate of drug-likeness (QED) is 0.661. The first-order chi connectivity index (χ1) is 9.78. The number of nitrogens with two attached hydrogens (primary N) is 1. The van der Waals surface area contributed by atoms with Crippen LogP contribution < -0.4 is 5.73 Å². The molecule has 1 fully saturated rings. The molecule has 1 aliphatic heterocycles. The summed E-state index contributed by atoms with van der Waals surface area (Å²) in [5, 5.41) is 0.513. The molecular formula is C13H17ClN2O3S2. The first-order valence-electron chi connectivity index (χ1n) is 6.42. The third kappa shape index (κ3) is 4.28. The van der Waals surface area contributed by atoms with Crippen molar-refractivity contribution >= 4 is 44.8 Å². The predicted molar refractivity (Wildman–Crippen MR) is 86.4 cm³/mol. The smallest absolute Gasteiger partial charge is 0.232 e. The van der Waals surface area contributed by atoms with E-state index in [2.05, 4.69) is 0 Å². The number of carbonyl (C=O) groups is 1. The van der Waals surface area contributed by atoms with Crippen molar-refractivity contribution in [2.24, 2.45) is 0 Å². The minimum Gasteiger partial charge on any atom is -0.399 e. The van der Waals surface area contributed by atoms with Crippen molar-refractivity contribution in [3.05, 3.63) is 23.2 Å². The molecule has 21 heavy (non-hydrogen) atoms. The average Bonchev–Trinajstić information content (AvgIpc) is 2.77. The largest absolute Gasteiger partial charge is 0.399 e. The second kappa shape index (κ2) is 6.46. The SMILES string of the molecule is CN(C(=O)CSc1ccc(N)cc1Cl)C1CCS(=O)(=O)C1. The Morgan fingerprint density at radius 1 is 1.52 bits per heavy atom. The molecule has 0 aliphatic carbocycles. The number of anilines is 1. The van der Waals surface area contributed by atoms with Gasteiger partial charge in [-0.2, -0.15) is 0 Å². The van der Waals surface area contributed by atoms with Gasteiger partial charge < -0.3 is 10.6 Å². The number of benzene rings is 1. The Morgan fingerprint density at radius 3 is 2.81 bits per heavy atom. The van der Waals surface area contributed by atoms with Crippen molar-refractivity contribution in [3.8, 4) is 0 Å². The molecule has 0 spiro atoms. The van der Waals surface area contributed by atoms with E-state index < -0.39 is 9.84 Å². The number of nitrogen functional groups attached to an aromatic ring is 1. The van der Waals surface area contributed by atoms with Gasteiger partial charge in [0.2, 0.25) is 5.91 Å². The number of hydrogen-bond acceptors (Lipinski definition) is 5. The van der Waals surface area contributed by atoms with Crippen LogP contribution in [0.5, 0.6) is 0 Å². The Labute approximate surface area is 133 Å². The first-order valence-corrected chi connectivity index (χ1v) is 9.61. The van der Waals surface area contributed by atoms with Crippen LogP contribution >= 0.6 is 23.4 Å². The van der Waals surface area contributed by atoms with E-state index in [1.165, 1.54) is 16.7 Å². The summed E-state index contributed by atoms with van der Waals surface area (Å²) < 4.78 is 22.9. The normalized spacial score (nSPS) is 20.4. The van der Waals surface area contributed by atoms with Crippen molar-refractivity contribution in [1.29, 1.82) is 0 Å². The number of nitrogens with zero attached hydrogens (tertiary/aromatic N) is 1. The topological polar surface area (TPSA) is 80.5 Å². The van der Waals surface area contributed by atoms with Crippen molar-refractivity contribution in [3.63, 3.8) is 0 Å². The Morgan fingerprint density at radius 2 is 2.24 bits per heavy atom. The van der Waals surface area contributed by atoms with E-state index in [0.717, 1.165) is 4.90 Å². The Hall–Kier alpha value is -0.920. The van der Waals surface area contributed by atoms with Crippen LogP contribution in [-0.2, 0) is 14.6 Å². The predicted octanol–water partition coefficient (Wildman–Crippen LogP) is 1.66. The maximum absolute atomic E-state index is 12.1. The van der Waals surface area contributed by atoms with E-state index in [9.17, 15) is 13.2 Å². The maximum atomic E-state index is 12.1. The van der Waals surface area contributed by atoms with Crippen LogP contribution in [0.25, 0.3) is 0 Å². The second-order valence-corrected chi connectivity index (χ2v) is 8.69. The van der Waals surface area contributed by atoms with Gasteiger partial charge in [0.25, 0.3) is 0 Å². The monoisotopic (exact) mass is 348 g/mol. The molecule has 2 rings (SSSR count). The van der Waals surface area contributed by atoms with E-state index in [4.69, 9.17) is 17.3 Å². The molecule has 1 heterocycles. The Kier molecular flexibility index (Phi) is 5.06. The van der Waals surface area contributed by atoms with Crippen molar-refractivity contribution < 1.29 is 13.2 Å². The number of rotatable bonds is 4. The van der Waals surface area contributed by atoms with E-state index in [0.29, 0.717) is 17.1 Å². The van der Waals surface area contributed by atoms with Gasteiger partial charge >= 0.3 is 0 Å². The summed E-state index contributed by atoms with van der Waals surface area (Å²) in [4.78, 5) is 14.4. The molecule has 1 amide bonds. The lowest BCUT2D eigenvalue weighted by Crippen LogP contribution is -2.38. The summed E-state index contributed by atoms with van der Waals surface area (Å²) in [6.45, 7) is 0. The number of hydrogen-bond donors (Lipinski definition) is 1. The van der Waals surface area contributed by atoms with E-state index in [1.54, 1.807) is 25.2 Å². The summed E-state index contributed by atoms with van der Waals surface area (Å²) in [7, 11) is -1.34. The second-order valence-electron chi connectivity index (χ2n) is 5.04. The zero-order valence-electron chi connectivity index (χ0n) is 11.6. The van der Waals surface area contributed by atoms with Crippen molar-refractivity contribution in [2.45, 2.75) is 17.4 Å². The van der Waals surface area contributed by atoms with Crippen LogP contribution in [0.1, 0.15) is 6.42 Å². The zero-order valence-corrected chi connectivity index (χ0v) is 14.0. The molecule has 0 radical (unpaired) electrons. The first kappa shape index (κ1) is 16.5. The summed E-state index contributed by atoms with van der Waals surface area (Å²) in [6, 6.07) is 4.92. The highest BCUT2D eigenvalue weighted by molar-refractivity contribution is 8.00. The van der Waals surface area contributed by atoms with Gasteiger partial charge in [0.1, 0.15) is 0 Å². The number of sulfone groups is 1. The third-order valence-corrected chi connectivity index (χ3v) is 6.69. The van der Waals surface area contributed by atoms with Crippen LogP contribution in [0.3, 0.4) is 0 Å². The molecule has 0 saturated carbocycles.